The molecular weight excluding hydrogens is 281 g/mol. The van der Waals surface area contributed by atoms with Crippen LogP contribution < -0.4 is 10.6 Å². The maximum Gasteiger partial charge on any atom is 0.418 e. The van der Waals surface area contributed by atoms with Gasteiger partial charge in [0.2, 0.25) is 0 Å². The average molecular weight is 304 g/mol. The molecule has 0 fully saturated rings. The number of nitrogens with two attached hydrogens (primary N) is 1. The molecule has 1 rings (SSSR count). The van der Waals surface area contributed by atoms with Crippen LogP contribution in [-0.2, 0) is 17.5 Å². The summed E-state index contributed by atoms with van der Waals surface area (Å²) >= 11 is 0. The number of hydrogen-bond donors (Lipinski definition) is 1. The molecule has 0 saturated heterocycles. The van der Waals surface area contributed by atoms with Crippen LogP contribution in [0, 0.1) is 0 Å². The number of anilines is 1. The summed E-state index contributed by atoms with van der Waals surface area (Å²) in [6.07, 6.45) is -3.65. The number of hydrogen-bond acceptors (Lipinski definition) is 3. The second kappa shape index (κ2) is 7.66. The van der Waals surface area contributed by atoms with Crippen LogP contribution in [0.1, 0.15) is 31.4 Å². The topological polar surface area (TPSA) is 38.5 Å². The fourth-order valence-electron chi connectivity index (χ4n) is 2.18. The van der Waals surface area contributed by atoms with Crippen molar-refractivity contribution in [2.24, 2.45) is 5.73 Å². The normalized spacial score (nSPS) is 13.3. The largest absolute Gasteiger partial charge is 0.418 e. The molecule has 0 amide bonds. The molecule has 1 aromatic carbocycles. The van der Waals surface area contributed by atoms with E-state index < -0.39 is 11.7 Å². The molecular formula is C15H23F3N2O. The Morgan fingerprint density at radius 2 is 2.00 bits per heavy atom. The third-order valence-corrected chi connectivity index (χ3v) is 3.57. The molecule has 21 heavy (non-hydrogen) atoms. The Kier molecular flexibility index (Phi) is 6.48. The van der Waals surface area contributed by atoms with Crippen molar-refractivity contribution in [2.75, 3.05) is 25.2 Å². The molecule has 0 saturated carbocycles. The number of alkyl halides is 3. The Labute approximate surface area is 123 Å². The van der Waals surface area contributed by atoms with E-state index in [1.807, 2.05) is 13.8 Å². The van der Waals surface area contributed by atoms with Crippen molar-refractivity contribution in [1.82, 2.24) is 0 Å². The van der Waals surface area contributed by atoms with Crippen LogP contribution in [0.25, 0.3) is 0 Å². The van der Waals surface area contributed by atoms with Gasteiger partial charge in [0.05, 0.1) is 12.2 Å². The number of rotatable bonds is 7. The van der Waals surface area contributed by atoms with Gasteiger partial charge in [0.1, 0.15) is 0 Å². The van der Waals surface area contributed by atoms with Gasteiger partial charge in [-0.25, -0.2) is 0 Å². The molecule has 1 unspecified atom stereocenters. The zero-order valence-electron chi connectivity index (χ0n) is 12.7. The minimum absolute atomic E-state index is 0.00928. The summed E-state index contributed by atoms with van der Waals surface area (Å²) in [4.78, 5) is 1.74. The summed E-state index contributed by atoms with van der Waals surface area (Å²) in [7, 11) is 1.54. The Morgan fingerprint density at radius 1 is 1.33 bits per heavy atom. The summed E-state index contributed by atoms with van der Waals surface area (Å²) in [5.41, 5.74) is 5.48. The van der Waals surface area contributed by atoms with Gasteiger partial charge in [-0.15, -0.1) is 0 Å². The SMILES string of the molecule is CCC(C)N(CCOC)c1ccc(CN)cc1C(F)(F)F. The van der Waals surface area contributed by atoms with Crippen molar-refractivity contribution in [1.29, 1.82) is 0 Å². The lowest BCUT2D eigenvalue weighted by atomic mass is 10.0. The molecule has 2 N–H and O–H groups in total. The molecule has 0 heterocycles. The molecule has 0 spiro atoms. The van der Waals surface area contributed by atoms with E-state index in [1.54, 1.807) is 11.0 Å². The van der Waals surface area contributed by atoms with Gasteiger partial charge < -0.3 is 15.4 Å². The first-order valence-corrected chi connectivity index (χ1v) is 7.00. The van der Waals surface area contributed by atoms with Crippen molar-refractivity contribution in [3.8, 4) is 0 Å². The van der Waals surface area contributed by atoms with Crippen LogP contribution in [-0.4, -0.2) is 26.3 Å². The highest BCUT2D eigenvalue weighted by molar-refractivity contribution is 5.57. The smallest absolute Gasteiger partial charge is 0.383 e. The van der Waals surface area contributed by atoms with Gasteiger partial charge in [-0.05, 0) is 31.0 Å². The highest BCUT2D eigenvalue weighted by Crippen LogP contribution is 2.38. The van der Waals surface area contributed by atoms with E-state index in [4.69, 9.17) is 10.5 Å². The van der Waals surface area contributed by atoms with Crippen LogP contribution >= 0.6 is 0 Å². The van der Waals surface area contributed by atoms with Crippen molar-refractivity contribution in [2.45, 2.75) is 39.0 Å². The Morgan fingerprint density at radius 3 is 2.48 bits per heavy atom. The molecule has 0 aliphatic carbocycles. The summed E-state index contributed by atoms with van der Waals surface area (Å²) < 4.78 is 45.0. The van der Waals surface area contributed by atoms with Crippen LogP contribution in [0.5, 0.6) is 0 Å². The molecule has 120 valence electrons. The molecule has 3 nitrogen and oxygen atoms in total. The zero-order valence-corrected chi connectivity index (χ0v) is 12.7. The van der Waals surface area contributed by atoms with Crippen molar-refractivity contribution in [3.63, 3.8) is 0 Å². The Balaban J connectivity index is 3.28. The van der Waals surface area contributed by atoms with E-state index in [0.717, 1.165) is 12.5 Å². The minimum Gasteiger partial charge on any atom is -0.383 e. The number of nitrogens with zero attached hydrogens (tertiary/aromatic N) is 1. The van der Waals surface area contributed by atoms with Gasteiger partial charge in [-0.1, -0.05) is 13.0 Å². The van der Waals surface area contributed by atoms with E-state index in [1.165, 1.54) is 13.2 Å². The van der Waals surface area contributed by atoms with Gasteiger partial charge in [0.25, 0.3) is 0 Å². The fraction of sp³-hybridized carbons (Fsp3) is 0.600. The van der Waals surface area contributed by atoms with Crippen LogP contribution in [0.3, 0.4) is 0 Å². The summed E-state index contributed by atoms with van der Waals surface area (Å²) in [5.74, 6) is 0. The molecule has 1 atom stereocenters. The van der Waals surface area contributed by atoms with Gasteiger partial charge in [-0.3, -0.25) is 0 Å². The predicted octanol–water partition coefficient (Wildman–Crippen LogP) is 3.42. The van der Waals surface area contributed by atoms with E-state index in [0.29, 0.717) is 18.7 Å². The lowest BCUT2D eigenvalue weighted by Crippen LogP contribution is -2.37. The quantitative estimate of drug-likeness (QED) is 0.839. The lowest BCUT2D eigenvalue weighted by Gasteiger charge is -2.33. The Hall–Kier alpha value is -1.27. The highest BCUT2D eigenvalue weighted by Gasteiger charge is 2.35. The standard InChI is InChI=1S/C15H23F3N2O/c1-4-11(2)20(7-8-21-3)14-6-5-12(10-19)9-13(14)15(16,17)18/h5-6,9,11H,4,7-8,10,19H2,1-3H3. The highest BCUT2D eigenvalue weighted by atomic mass is 19.4. The van der Waals surface area contributed by atoms with Crippen molar-refractivity contribution >= 4 is 5.69 Å². The monoisotopic (exact) mass is 304 g/mol. The van der Waals surface area contributed by atoms with Crippen molar-refractivity contribution < 1.29 is 17.9 Å². The third kappa shape index (κ3) is 4.61. The average Bonchev–Trinajstić information content (AvgIpc) is 2.46. The first-order valence-electron chi connectivity index (χ1n) is 7.00. The maximum atomic E-state index is 13.3. The van der Waals surface area contributed by atoms with Crippen molar-refractivity contribution in [3.05, 3.63) is 29.3 Å². The first-order chi connectivity index (χ1) is 9.85. The molecule has 0 bridgehead atoms. The van der Waals surface area contributed by atoms with Gasteiger partial charge in [0.15, 0.2) is 0 Å². The molecule has 1 aromatic rings. The second-order valence-corrected chi connectivity index (χ2v) is 5.00. The maximum absolute atomic E-state index is 13.3. The molecule has 0 radical (unpaired) electrons. The van der Waals surface area contributed by atoms with Gasteiger partial charge >= 0.3 is 6.18 Å². The molecule has 0 aromatic heterocycles. The second-order valence-electron chi connectivity index (χ2n) is 5.00. The molecule has 6 heteroatoms. The lowest BCUT2D eigenvalue weighted by molar-refractivity contribution is -0.137. The number of ether oxygens (including phenoxy) is 1. The number of methoxy groups -OCH3 is 1. The van der Waals surface area contributed by atoms with E-state index in [-0.39, 0.29) is 18.3 Å². The van der Waals surface area contributed by atoms with E-state index in [2.05, 4.69) is 0 Å². The Bertz CT molecular complexity index is 449. The first kappa shape index (κ1) is 17.8. The summed E-state index contributed by atoms with van der Waals surface area (Å²) in [6.45, 7) is 4.74. The zero-order chi connectivity index (χ0) is 16.0. The molecule has 0 aliphatic heterocycles. The number of benzene rings is 1. The fourth-order valence-corrected chi connectivity index (χ4v) is 2.18. The van der Waals surface area contributed by atoms with Crippen LogP contribution in [0.2, 0.25) is 0 Å². The van der Waals surface area contributed by atoms with E-state index in [9.17, 15) is 13.2 Å². The third-order valence-electron chi connectivity index (χ3n) is 3.57. The van der Waals surface area contributed by atoms with Gasteiger partial charge in [-0.2, -0.15) is 13.2 Å². The summed E-state index contributed by atoms with van der Waals surface area (Å²) in [6, 6.07) is 4.28. The van der Waals surface area contributed by atoms with E-state index >= 15 is 0 Å². The number of halogens is 3. The van der Waals surface area contributed by atoms with Gasteiger partial charge in [0, 0.05) is 31.9 Å². The molecule has 0 aliphatic rings. The minimum atomic E-state index is -4.40. The van der Waals surface area contributed by atoms with Crippen LogP contribution in [0.4, 0.5) is 18.9 Å². The van der Waals surface area contributed by atoms with Crippen LogP contribution in [0.15, 0.2) is 18.2 Å². The summed E-state index contributed by atoms with van der Waals surface area (Å²) in [5, 5.41) is 0. The predicted molar refractivity (Wildman–Crippen MR) is 78.3 cm³/mol.